The molecule has 94 valence electrons. The number of rotatable bonds is 4. The Kier molecular flexibility index (Phi) is 4.57. The van der Waals surface area contributed by atoms with Gasteiger partial charge < -0.3 is 14.8 Å². The second kappa shape index (κ2) is 6.17. The zero-order valence-electron chi connectivity index (χ0n) is 10.4. The summed E-state index contributed by atoms with van der Waals surface area (Å²) < 4.78 is 10.7. The fourth-order valence-electron chi connectivity index (χ4n) is 1.97. The van der Waals surface area contributed by atoms with Crippen molar-refractivity contribution in [3.63, 3.8) is 0 Å². The van der Waals surface area contributed by atoms with E-state index in [1.807, 2.05) is 23.9 Å². The molecule has 0 amide bonds. The molecule has 0 radical (unpaired) electrons. The van der Waals surface area contributed by atoms with Gasteiger partial charge >= 0.3 is 0 Å². The van der Waals surface area contributed by atoms with Crippen molar-refractivity contribution in [1.29, 1.82) is 0 Å². The molecule has 1 N–H and O–H groups in total. The molecule has 1 aromatic rings. The van der Waals surface area contributed by atoms with E-state index in [2.05, 4.69) is 11.4 Å². The van der Waals surface area contributed by atoms with Crippen LogP contribution in [0.15, 0.2) is 23.1 Å². The van der Waals surface area contributed by atoms with Gasteiger partial charge in [0.05, 0.1) is 19.1 Å². The summed E-state index contributed by atoms with van der Waals surface area (Å²) in [5.74, 6) is 1.83. The number of piperidine rings is 1. The maximum Gasteiger partial charge on any atom is 0.132 e. The minimum absolute atomic E-state index is 0.678. The molecular weight excluding hydrogens is 234 g/mol. The Hall–Kier alpha value is -0.870. The summed E-state index contributed by atoms with van der Waals surface area (Å²) in [6.45, 7) is 2.23. The molecule has 0 bridgehead atoms. The molecule has 17 heavy (non-hydrogen) atoms. The van der Waals surface area contributed by atoms with Crippen LogP contribution in [0.5, 0.6) is 11.5 Å². The van der Waals surface area contributed by atoms with Gasteiger partial charge in [0, 0.05) is 5.25 Å². The van der Waals surface area contributed by atoms with Gasteiger partial charge in [0.1, 0.15) is 11.5 Å². The van der Waals surface area contributed by atoms with Crippen LogP contribution in [0.2, 0.25) is 0 Å². The molecule has 1 saturated heterocycles. The van der Waals surface area contributed by atoms with E-state index in [1.165, 1.54) is 17.7 Å². The van der Waals surface area contributed by atoms with Crippen molar-refractivity contribution < 1.29 is 9.47 Å². The van der Waals surface area contributed by atoms with Crippen LogP contribution >= 0.6 is 11.8 Å². The van der Waals surface area contributed by atoms with Crippen LogP contribution < -0.4 is 14.8 Å². The Labute approximate surface area is 107 Å². The fraction of sp³-hybridized carbons (Fsp3) is 0.538. The second-order valence-corrected chi connectivity index (χ2v) is 5.43. The summed E-state index contributed by atoms with van der Waals surface area (Å²) in [5.41, 5.74) is 0. The largest absolute Gasteiger partial charge is 0.497 e. The van der Waals surface area contributed by atoms with Gasteiger partial charge in [0.15, 0.2) is 0 Å². The second-order valence-electron chi connectivity index (χ2n) is 4.08. The Morgan fingerprint density at radius 1 is 1.18 bits per heavy atom. The lowest BCUT2D eigenvalue weighted by Gasteiger charge is -2.23. The highest BCUT2D eigenvalue weighted by molar-refractivity contribution is 8.00. The maximum absolute atomic E-state index is 5.39. The summed E-state index contributed by atoms with van der Waals surface area (Å²) in [6, 6.07) is 5.97. The molecule has 3 nitrogen and oxygen atoms in total. The molecule has 1 aliphatic heterocycles. The molecule has 0 saturated carbocycles. The van der Waals surface area contributed by atoms with Gasteiger partial charge in [-0.1, -0.05) is 0 Å². The molecule has 4 heteroatoms. The van der Waals surface area contributed by atoms with E-state index in [-0.39, 0.29) is 0 Å². The highest BCUT2D eigenvalue weighted by Crippen LogP contribution is 2.37. The Balaban J connectivity index is 2.11. The lowest BCUT2D eigenvalue weighted by molar-refractivity contribution is 0.394. The van der Waals surface area contributed by atoms with Crippen molar-refractivity contribution >= 4 is 11.8 Å². The van der Waals surface area contributed by atoms with Gasteiger partial charge in [0.2, 0.25) is 0 Å². The Morgan fingerprint density at radius 2 is 1.94 bits per heavy atom. The number of ether oxygens (including phenoxy) is 2. The van der Waals surface area contributed by atoms with Crippen LogP contribution in [0.4, 0.5) is 0 Å². The highest BCUT2D eigenvalue weighted by atomic mass is 32.2. The van der Waals surface area contributed by atoms with E-state index < -0.39 is 0 Å². The third-order valence-electron chi connectivity index (χ3n) is 2.95. The van der Waals surface area contributed by atoms with Crippen LogP contribution in [-0.2, 0) is 0 Å². The number of hydrogen-bond acceptors (Lipinski definition) is 4. The normalized spacial score (nSPS) is 16.8. The molecular formula is C13H19NO2S. The van der Waals surface area contributed by atoms with Gasteiger partial charge in [-0.3, -0.25) is 0 Å². The minimum Gasteiger partial charge on any atom is -0.497 e. The smallest absolute Gasteiger partial charge is 0.132 e. The third-order valence-corrected chi connectivity index (χ3v) is 4.33. The molecule has 1 aliphatic rings. The van der Waals surface area contributed by atoms with Crippen molar-refractivity contribution in [2.24, 2.45) is 0 Å². The Bertz CT molecular complexity index is 364. The predicted octanol–water partition coefficient (Wildman–Crippen LogP) is 2.55. The van der Waals surface area contributed by atoms with E-state index in [9.17, 15) is 0 Å². The quantitative estimate of drug-likeness (QED) is 0.893. The first-order valence-electron chi connectivity index (χ1n) is 5.93. The van der Waals surface area contributed by atoms with Crippen LogP contribution in [0, 0.1) is 0 Å². The highest BCUT2D eigenvalue weighted by Gasteiger charge is 2.16. The fourth-order valence-corrected chi connectivity index (χ4v) is 3.25. The topological polar surface area (TPSA) is 30.5 Å². The summed E-state index contributed by atoms with van der Waals surface area (Å²) in [6.07, 6.45) is 2.43. The first kappa shape index (κ1) is 12.6. The van der Waals surface area contributed by atoms with Gasteiger partial charge in [-0.2, -0.15) is 0 Å². The molecule has 1 heterocycles. The number of thioether (sulfide) groups is 1. The standard InChI is InChI=1S/C13H19NO2S/c1-15-10-3-4-12(16-2)13(9-10)17-11-5-7-14-8-6-11/h3-4,9,11,14H,5-8H2,1-2H3. The number of nitrogens with one attached hydrogen (secondary N) is 1. The molecule has 0 unspecified atom stereocenters. The third kappa shape index (κ3) is 3.30. The van der Waals surface area contributed by atoms with Crippen LogP contribution in [0.3, 0.4) is 0 Å². The summed E-state index contributed by atoms with van der Waals surface area (Å²) in [4.78, 5) is 1.18. The SMILES string of the molecule is COc1ccc(OC)c(SC2CCNCC2)c1. The van der Waals surface area contributed by atoms with Gasteiger partial charge in [0.25, 0.3) is 0 Å². The van der Waals surface area contributed by atoms with Gasteiger partial charge in [-0.15, -0.1) is 11.8 Å². The molecule has 0 atom stereocenters. The predicted molar refractivity (Wildman–Crippen MR) is 71.3 cm³/mol. The van der Waals surface area contributed by atoms with Crippen molar-refractivity contribution in [3.8, 4) is 11.5 Å². The van der Waals surface area contributed by atoms with Crippen LogP contribution in [0.1, 0.15) is 12.8 Å². The van der Waals surface area contributed by atoms with Crippen LogP contribution in [0.25, 0.3) is 0 Å². The summed E-state index contributed by atoms with van der Waals surface area (Å²) in [5, 5.41) is 4.06. The Morgan fingerprint density at radius 3 is 2.59 bits per heavy atom. The van der Waals surface area contributed by atoms with E-state index >= 15 is 0 Å². The van der Waals surface area contributed by atoms with Crippen LogP contribution in [-0.4, -0.2) is 32.6 Å². The van der Waals surface area contributed by atoms with E-state index in [1.54, 1.807) is 14.2 Å². The lowest BCUT2D eigenvalue weighted by atomic mass is 10.2. The molecule has 1 fully saturated rings. The number of benzene rings is 1. The lowest BCUT2D eigenvalue weighted by Crippen LogP contribution is -2.29. The zero-order chi connectivity index (χ0) is 12.1. The van der Waals surface area contributed by atoms with Crippen molar-refractivity contribution in [2.75, 3.05) is 27.3 Å². The van der Waals surface area contributed by atoms with Gasteiger partial charge in [-0.05, 0) is 44.1 Å². The van der Waals surface area contributed by atoms with E-state index in [0.29, 0.717) is 5.25 Å². The molecule has 2 rings (SSSR count). The van der Waals surface area contributed by atoms with E-state index in [0.717, 1.165) is 24.6 Å². The molecule has 0 aromatic heterocycles. The zero-order valence-corrected chi connectivity index (χ0v) is 11.2. The number of hydrogen-bond donors (Lipinski definition) is 1. The van der Waals surface area contributed by atoms with Crippen molar-refractivity contribution in [2.45, 2.75) is 23.0 Å². The van der Waals surface area contributed by atoms with Crippen molar-refractivity contribution in [3.05, 3.63) is 18.2 Å². The molecule has 0 aliphatic carbocycles. The first-order chi connectivity index (χ1) is 8.33. The maximum atomic E-state index is 5.39. The minimum atomic E-state index is 0.678. The van der Waals surface area contributed by atoms with Crippen molar-refractivity contribution in [1.82, 2.24) is 5.32 Å². The summed E-state index contributed by atoms with van der Waals surface area (Å²) in [7, 11) is 3.41. The number of methoxy groups -OCH3 is 2. The molecule has 0 spiro atoms. The molecule has 1 aromatic carbocycles. The van der Waals surface area contributed by atoms with E-state index in [4.69, 9.17) is 9.47 Å². The average Bonchev–Trinajstić information content (AvgIpc) is 2.40. The summed E-state index contributed by atoms with van der Waals surface area (Å²) >= 11 is 1.90. The monoisotopic (exact) mass is 253 g/mol. The first-order valence-corrected chi connectivity index (χ1v) is 6.81. The van der Waals surface area contributed by atoms with Gasteiger partial charge in [-0.25, -0.2) is 0 Å². The average molecular weight is 253 g/mol.